The highest BCUT2D eigenvalue weighted by molar-refractivity contribution is 6.06. The van der Waals surface area contributed by atoms with E-state index in [1.165, 1.54) is 6.07 Å². The molecule has 0 spiro atoms. The van der Waals surface area contributed by atoms with Crippen molar-refractivity contribution in [3.05, 3.63) is 93.9 Å². The molecule has 8 heteroatoms. The Morgan fingerprint density at radius 1 is 1.08 bits per heavy atom. The molecule has 0 fully saturated rings. The molecule has 0 N–H and O–H groups in total. The van der Waals surface area contributed by atoms with E-state index in [2.05, 4.69) is 6.92 Å². The van der Waals surface area contributed by atoms with Gasteiger partial charge in [0.25, 0.3) is 0 Å². The fourth-order valence-electron chi connectivity index (χ4n) is 5.34. The Kier molecular flexibility index (Phi) is 6.59. The van der Waals surface area contributed by atoms with Gasteiger partial charge >= 0.3 is 12.1 Å². The molecule has 1 atom stereocenters. The largest absolute Gasteiger partial charge is 0.454 e. The zero-order chi connectivity index (χ0) is 27.2. The van der Waals surface area contributed by atoms with Gasteiger partial charge in [-0.25, -0.2) is 4.79 Å². The Bertz CT molecular complexity index is 1570. The first kappa shape index (κ1) is 25.7. The highest BCUT2D eigenvalue weighted by atomic mass is 19.4. The lowest BCUT2D eigenvalue weighted by Crippen LogP contribution is -2.21. The summed E-state index contributed by atoms with van der Waals surface area (Å²) < 4.78 is 46.9. The molecule has 0 radical (unpaired) electrons. The number of nitrogens with zero attached hydrogens (tertiary/aromatic N) is 2. The van der Waals surface area contributed by atoms with Crippen LogP contribution in [0.3, 0.4) is 0 Å². The van der Waals surface area contributed by atoms with E-state index >= 15 is 0 Å². The number of ether oxygens (including phenoxy) is 1. The maximum atomic E-state index is 13.4. The average molecular weight is 521 g/mol. The molecule has 0 amide bonds. The van der Waals surface area contributed by atoms with Crippen LogP contribution in [-0.4, -0.2) is 27.9 Å². The van der Waals surface area contributed by atoms with E-state index in [0.29, 0.717) is 51.4 Å². The van der Waals surface area contributed by atoms with Crippen LogP contribution in [0.5, 0.6) is 0 Å². The van der Waals surface area contributed by atoms with E-state index in [1.54, 1.807) is 30.5 Å². The number of aromatic nitrogens is 2. The summed E-state index contributed by atoms with van der Waals surface area (Å²) in [6.45, 7) is 5.03. The zero-order valence-electron chi connectivity index (χ0n) is 21.4. The summed E-state index contributed by atoms with van der Waals surface area (Å²) in [4.78, 5) is 31.3. The van der Waals surface area contributed by atoms with E-state index in [0.717, 1.165) is 36.2 Å². The highest BCUT2D eigenvalue weighted by Gasteiger charge is 2.31. The van der Waals surface area contributed by atoms with Crippen LogP contribution < -0.4 is 0 Å². The quantitative estimate of drug-likeness (QED) is 0.214. The molecule has 2 aromatic heterocycles. The topological polar surface area (TPSA) is 61.2 Å². The predicted molar refractivity (Wildman–Crippen MR) is 138 cm³/mol. The molecule has 196 valence electrons. The summed E-state index contributed by atoms with van der Waals surface area (Å²) in [7, 11) is 0. The number of alkyl halides is 3. The molecule has 0 saturated carbocycles. The minimum absolute atomic E-state index is 0.294. The van der Waals surface area contributed by atoms with E-state index in [-0.39, 0.29) is 0 Å². The number of fused-ring (bicyclic) bond motifs is 2. The highest BCUT2D eigenvalue weighted by Crippen LogP contribution is 2.33. The molecule has 5 rings (SSSR count). The van der Waals surface area contributed by atoms with Crippen LogP contribution in [-0.2, 0) is 23.8 Å². The third-order valence-electron chi connectivity index (χ3n) is 7.21. The van der Waals surface area contributed by atoms with Crippen molar-refractivity contribution in [3.8, 4) is 5.69 Å². The van der Waals surface area contributed by atoms with Crippen molar-refractivity contribution in [1.29, 1.82) is 0 Å². The lowest BCUT2D eigenvalue weighted by molar-refractivity contribution is -0.137. The number of pyridine rings is 1. The normalized spacial score (nSPS) is 15.4. The second-order valence-corrected chi connectivity index (χ2v) is 9.94. The summed E-state index contributed by atoms with van der Waals surface area (Å²) in [5, 5.41) is 0.695. The van der Waals surface area contributed by atoms with Gasteiger partial charge in [-0.3, -0.25) is 9.78 Å². The third kappa shape index (κ3) is 4.71. The molecule has 1 aliphatic carbocycles. The lowest BCUT2D eigenvalue weighted by atomic mass is 9.84. The van der Waals surface area contributed by atoms with Gasteiger partial charge in [0.2, 0.25) is 5.78 Å². The molecule has 4 aromatic rings. The Morgan fingerprint density at radius 2 is 1.84 bits per heavy atom. The van der Waals surface area contributed by atoms with Gasteiger partial charge in [-0.05, 0) is 74.9 Å². The van der Waals surface area contributed by atoms with Crippen LogP contribution in [0, 0.1) is 19.8 Å². The van der Waals surface area contributed by atoms with E-state index in [9.17, 15) is 22.8 Å². The van der Waals surface area contributed by atoms with Crippen molar-refractivity contribution in [2.24, 2.45) is 5.92 Å². The number of ketones is 1. The molecule has 0 unspecified atom stereocenters. The summed E-state index contributed by atoms with van der Waals surface area (Å²) in [5.74, 6) is -0.598. The SMILES string of the molecule is Cc1cc(C(=O)COC(=O)c2c3c(nc4ccccc24)CC[C@H](C)C3)c(C)n1-c1cccc(C(F)(F)F)c1. The Balaban J connectivity index is 1.42. The first-order valence-corrected chi connectivity index (χ1v) is 12.5. The predicted octanol–water partition coefficient (Wildman–Crippen LogP) is 6.83. The van der Waals surface area contributed by atoms with E-state index in [1.807, 2.05) is 24.3 Å². The molecule has 2 aromatic carbocycles. The number of rotatable bonds is 5. The van der Waals surface area contributed by atoms with Crippen molar-refractivity contribution >= 4 is 22.7 Å². The second kappa shape index (κ2) is 9.74. The first-order chi connectivity index (χ1) is 18.0. The molecule has 0 bridgehead atoms. The monoisotopic (exact) mass is 520 g/mol. The molecule has 0 saturated heterocycles. The van der Waals surface area contributed by atoms with Crippen LogP contribution in [0.15, 0.2) is 54.6 Å². The minimum atomic E-state index is -4.48. The average Bonchev–Trinajstić information content (AvgIpc) is 3.19. The van der Waals surface area contributed by atoms with Gasteiger partial charge in [-0.1, -0.05) is 31.2 Å². The van der Waals surface area contributed by atoms with Crippen LogP contribution in [0.1, 0.15) is 62.3 Å². The smallest absolute Gasteiger partial charge is 0.416 e. The van der Waals surface area contributed by atoms with Gasteiger partial charge in [0.15, 0.2) is 6.61 Å². The maximum absolute atomic E-state index is 13.4. The van der Waals surface area contributed by atoms with Gasteiger partial charge in [0, 0.05) is 33.7 Å². The number of para-hydroxylation sites is 1. The van der Waals surface area contributed by atoms with Crippen molar-refractivity contribution in [3.63, 3.8) is 0 Å². The van der Waals surface area contributed by atoms with Gasteiger partial charge in [0.05, 0.1) is 16.6 Å². The van der Waals surface area contributed by atoms with Crippen LogP contribution in [0.4, 0.5) is 13.2 Å². The molecule has 38 heavy (non-hydrogen) atoms. The number of hydrogen-bond donors (Lipinski definition) is 0. The molecule has 0 aliphatic heterocycles. The van der Waals surface area contributed by atoms with E-state index < -0.39 is 30.1 Å². The number of Topliss-reactive ketones (excluding diaryl/α,β-unsaturated/α-hetero) is 1. The number of halogens is 3. The van der Waals surface area contributed by atoms with Gasteiger partial charge in [-0.2, -0.15) is 13.2 Å². The van der Waals surface area contributed by atoms with Gasteiger partial charge in [-0.15, -0.1) is 0 Å². The fourth-order valence-corrected chi connectivity index (χ4v) is 5.34. The van der Waals surface area contributed by atoms with Crippen LogP contribution in [0.25, 0.3) is 16.6 Å². The summed E-state index contributed by atoms with van der Waals surface area (Å²) in [6, 6.07) is 14.0. The van der Waals surface area contributed by atoms with Gasteiger partial charge in [0.1, 0.15) is 0 Å². The number of hydrogen-bond acceptors (Lipinski definition) is 4. The molecular weight excluding hydrogens is 493 g/mol. The zero-order valence-corrected chi connectivity index (χ0v) is 21.4. The lowest BCUT2D eigenvalue weighted by Gasteiger charge is -2.24. The summed E-state index contributed by atoms with van der Waals surface area (Å²) in [5.41, 5.74) is 3.84. The molecule has 5 nitrogen and oxygen atoms in total. The minimum Gasteiger partial charge on any atom is -0.454 e. The van der Waals surface area contributed by atoms with E-state index in [4.69, 9.17) is 9.72 Å². The van der Waals surface area contributed by atoms with Crippen molar-refractivity contribution in [2.75, 3.05) is 6.61 Å². The second-order valence-electron chi connectivity index (χ2n) is 9.94. The number of aryl methyl sites for hydroxylation is 2. The standard InChI is InChI=1S/C30H27F3N2O3/c1-17-11-12-26-24(13-17)28(22-9-4-5-10-25(22)34-26)29(37)38-16-27(36)23-14-18(2)35(19(23)3)21-8-6-7-20(15-21)30(31,32)33/h4-10,14-15,17H,11-13,16H2,1-3H3/t17-/m0/s1. The Morgan fingerprint density at radius 3 is 2.61 bits per heavy atom. The Hall–Kier alpha value is -3.94. The van der Waals surface area contributed by atoms with Gasteiger partial charge < -0.3 is 9.30 Å². The number of benzene rings is 2. The molecule has 2 heterocycles. The van der Waals surface area contributed by atoms with Crippen molar-refractivity contribution in [1.82, 2.24) is 9.55 Å². The van der Waals surface area contributed by atoms with Crippen molar-refractivity contribution in [2.45, 2.75) is 46.2 Å². The first-order valence-electron chi connectivity index (χ1n) is 12.5. The Labute approximate surface area is 218 Å². The molecular formula is C30H27F3N2O3. The fraction of sp³-hybridized carbons (Fsp3) is 0.300. The van der Waals surface area contributed by atoms with Crippen LogP contribution >= 0.6 is 0 Å². The summed E-state index contributed by atoms with van der Waals surface area (Å²) in [6.07, 6.45) is -2.00. The number of esters is 1. The number of carbonyl (C=O) groups is 2. The third-order valence-corrected chi connectivity index (χ3v) is 7.21. The summed E-state index contributed by atoms with van der Waals surface area (Å²) >= 11 is 0. The molecule has 1 aliphatic rings. The number of carbonyl (C=O) groups excluding carboxylic acids is 2. The van der Waals surface area contributed by atoms with Crippen molar-refractivity contribution < 1.29 is 27.5 Å². The maximum Gasteiger partial charge on any atom is 0.416 e. The van der Waals surface area contributed by atoms with Crippen LogP contribution in [0.2, 0.25) is 0 Å².